The van der Waals surface area contributed by atoms with E-state index in [0.717, 1.165) is 17.2 Å². The molecule has 0 aromatic heterocycles. The third-order valence-corrected chi connectivity index (χ3v) is 9.59. The number of ether oxygens (including phenoxy) is 1. The normalized spacial score (nSPS) is 24.6. The van der Waals surface area contributed by atoms with E-state index in [2.05, 4.69) is 135 Å². The molecule has 0 unspecified atom stereocenters. The quantitative estimate of drug-likeness (QED) is 0.222. The molecule has 3 heteroatoms. The van der Waals surface area contributed by atoms with Gasteiger partial charge in [0.05, 0.1) is 6.04 Å². The monoisotopic (exact) mass is 561 g/mol. The predicted octanol–water partition coefficient (Wildman–Crippen LogP) is 10.3. The highest BCUT2D eigenvalue weighted by molar-refractivity contribution is 6.30. The Bertz CT molecular complexity index is 1450. The molecule has 0 spiro atoms. The van der Waals surface area contributed by atoms with Crippen LogP contribution in [0, 0.1) is 11.8 Å². The highest BCUT2D eigenvalue weighted by Gasteiger charge is 2.44. The van der Waals surface area contributed by atoms with Crippen molar-refractivity contribution in [2.45, 2.75) is 63.6 Å². The largest absolute Gasteiger partial charge is 0.492 e. The molecule has 0 amide bonds. The van der Waals surface area contributed by atoms with Crippen LogP contribution in [0.3, 0.4) is 0 Å². The lowest BCUT2D eigenvalue weighted by atomic mass is 9.64. The molecule has 2 nitrogen and oxygen atoms in total. The highest BCUT2D eigenvalue weighted by Crippen LogP contribution is 2.50. The molecular formula is C38H40ClNO. The fourth-order valence-corrected chi connectivity index (χ4v) is 7.18. The van der Waals surface area contributed by atoms with E-state index in [1.165, 1.54) is 35.2 Å². The van der Waals surface area contributed by atoms with Crippen molar-refractivity contribution in [3.63, 3.8) is 0 Å². The molecular weight excluding hydrogens is 522 g/mol. The highest BCUT2D eigenvalue weighted by atomic mass is 35.5. The van der Waals surface area contributed by atoms with Crippen LogP contribution in [0.2, 0.25) is 5.02 Å². The Hall–Kier alpha value is -3.49. The Morgan fingerprint density at radius 1 is 0.732 bits per heavy atom. The lowest BCUT2D eigenvalue weighted by Crippen LogP contribution is -2.43. The van der Waals surface area contributed by atoms with E-state index in [-0.39, 0.29) is 23.6 Å². The first kappa shape index (κ1) is 27.7. The first-order chi connectivity index (χ1) is 19.9. The van der Waals surface area contributed by atoms with Crippen molar-refractivity contribution in [1.29, 1.82) is 0 Å². The predicted molar refractivity (Wildman–Crippen MR) is 171 cm³/mol. The summed E-state index contributed by atoms with van der Waals surface area (Å²) in [4.78, 5) is 2.51. The minimum absolute atomic E-state index is 0.00216. The summed E-state index contributed by atoms with van der Waals surface area (Å²) in [5.74, 6) is 2.10. The van der Waals surface area contributed by atoms with Gasteiger partial charge in [0.2, 0.25) is 0 Å². The maximum atomic E-state index is 7.33. The lowest BCUT2D eigenvalue weighted by Gasteiger charge is -2.45. The van der Waals surface area contributed by atoms with Crippen LogP contribution in [0.25, 0.3) is 0 Å². The van der Waals surface area contributed by atoms with Gasteiger partial charge in [-0.3, -0.25) is 0 Å². The summed E-state index contributed by atoms with van der Waals surface area (Å²) >= 11 is 6.32. The van der Waals surface area contributed by atoms with Gasteiger partial charge in [0.15, 0.2) is 0 Å². The summed E-state index contributed by atoms with van der Waals surface area (Å²) in [7, 11) is 0. The van der Waals surface area contributed by atoms with Gasteiger partial charge in [0.25, 0.3) is 0 Å². The number of rotatable bonds is 7. The summed E-state index contributed by atoms with van der Waals surface area (Å²) in [5.41, 5.74) is 5.01. The van der Waals surface area contributed by atoms with Crippen molar-refractivity contribution < 1.29 is 4.74 Å². The molecule has 1 saturated carbocycles. The number of halogens is 1. The SMILES string of the molecule is C[C@@H]1CC[C@@H](C(C)(C)c2ccccc2)[C@H](OC2=C[C@H](c3ccc(Cl)cc3)N(c3ccccc3)[C@H]2c2ccccc2)C1. The van der Waals surface area contributed by atoms with Gasteiger partial charge >= 0.3 is 0 Å². The van der Waals surface area contributed by atoms with Crippen LogP contribution in [0.1, 0.15) is 68.8 Å². The number of hydrogen-bond donors (Lipinski definition) is 0. The smallest absolute Gasteiger partial charge is 0.122 e. The molecule has 2 aliphatic rings. The van der Waals surface area contributed by atoms with Crippen LogP contribution in [0.5, 0.6) is 0 Å². The average molecular weight is 562 g/mol. The van der Waals surface area contributed by atoms with Gasteiger partial charge < -0.3 is 9.64 Å². The van der Waals surface area contributed by atoms with Crippen molar-refractivity contribution in [2.75, 3.05) is 4.90 Å². The van der Waals surface area contributed by atoms with Crippen LogP contribution in [-0.4, -0.2) is 6.10 Å². The zero-order valence-corrected chi connectivity index (χ0v) is 25.0. The van der Waals surface area contributed by atoms with Gasteiger partial charge in [-0.1, -0.05) is 130 Å². The van der Waals surface area contributed by atoms with Gasteiger partial charge in [-0.05, 0) is 71.2 Å². The molecule has 210 valence electrons. The molecule has 4 aromatic rings. The van der Waals surface area contributed by atoms with Crippen molar-refractivity contribution in [2.24, 2.45) is 11.8 Å². The third-order valence-electron chi connectivity index (χ3n) is 9.34. The van der Waals surface area contributed by atoms with E-state index >= 15 is 0 Å². The van der Waals surface area contributed by atoms with E-state index in [0.29, 0.717) is 11.8 Å². The van der Waals surface area contributed by atoms with E-state index in [1.807, 2.05) is 12.1 Å². The van der Waals surface area contributed by atoms with Crippen molar-refractivity contribution >= 4 is 17.3 Å². The second-order valence-electron chi connectivity index (χ2n) is 12.4. The zero-order chi connectivity index (χ0) is 28.4. The first-order valence-corrected chi connectivity index (χ1v) is 15.4. The van der Waals surface area contributed by atoms with Crippen LogP contribution in [-0.2, 0) is 10.2 Å². The maximum Gasteiger partial charge on any atom is 0.122 e. The Labute approximate surface area is 250 Å². The number of para-hydroxylation sites is 1. The van der Waals surface area contributed by atoms with Gasteiger partial charge in [-0.25, -0.2) is 0 Å². The van der Waals surface area contributed by atoms with E-state index in [4.69, 9.17) is 16.3 Å². The summed E-state index contributed by atoms with van der Waals surface area (Å²) in [5, 5.41) is 0.750. The topological polar surface area (TPSA) is 12.5 Å². The zero-order valence-electron chi connectivity index (χ0n) is 24.3. The second kappa shape index (κ2) is 11.8. The Kier molecular flexibility index (Phi) is 7.95. The Morgan fingerprint density at radius 2 is 1.34 bits per heavy atom. The summed E-state index contributed by atoms with van der Waals surface area (Å²) in [6.45, 7) is 7.19. The second-order valence-corrected chi connectivity index (χ2v) is 12.8. The molecule has 1 aliphatic heterocycles. The summed E-state index contributed by atoms with van der Waals surface area (Å²) < 4.78 is 7.33. The molecule has 41 heavy (non-hydrogen) atoms. The lowest BCUT2D eigenvalue weighted by molar-refractivity contribution is -0.0154. The molecule has 0 bridgehead atoms. The Morgan fingerprint density at radius 3 is 2.00 bits per heavy atom. The Balaban J connectivity index is 1.43. The average Bonchev–Trinajstić information content (AvgIpc) is 3.37. The van der Waals surface area contributed by atoms with Crippen LogP contribution in [0.15, 0.2) is 127 Å². The summed E-state index contributed by atoms with van der Waals surface area (Å²) in [6.07, 6.45) is 5.97. The molecule has 5 atom stereocenters. The molecule has 0 N–H and O–H groups in total. The van der Waals surface area contributed by atoms with E-state index in [9.17, 15) is 0 Å². The van der Waals surface area contributed by atoms with Crippen LogP contribution in [0.4, 0.5) is 5.69 Å². The maximum absolute atomic E-state index is 7.33. The molecule has 0 saturated heterocycles. The van der Waals surface area contributed by atoms with Crippen LogP contribution < -0.4 is 4.90 Å². The third kappa shape index (κ3) is 5.68. The summed E-state index contributed by atoms with van der Waals surface area (Å²) in [6, 6.07) is 40.8. The number of benzene rings is 4. The van der Waals surface area contributed by atoms with Crippen molar-refractivity contribution in [3.05, 3.63) is 149 Å². The fraction of sp³-hybridized carbons (Fsp3) is 0.316. The fourth-order valence-electron chi connectivity index (χ4n) is 7.06. The molecule has 6 rings (SSSR count). The van der Waals surface area contributed by atoms with Gasteiger partial charge in [0, 0.05) is 16.6 Å². The number of anilines is 1. The number of hydrogen-bond acceptors (Lipinski definition) is 2. The molecule has 1 aliphatic carbocycles. The van der Waals surface area contributed by atoms with Gasteiger partial charge in [-0.15, -0.1) is 0 Å². The number of nitrogens with zero attached hydrogens (tertiary/aromatic N) is 1. The first-order valence-electron chi connectivity index (χ1n) is 15.0. The minimum Gasteiger partial charge on any atom is -0.492 e. The minimum atomic E-state index is -0.0306. The molecule has 1 fully saturated rings. The van der Waals surface area contributed by atoms with E-state index < -0.39 is 0 Å². The molecule has 1 heterocycles. The van der Waals surface area contributed by atoms with Gasteiger partial charge in [-0.2, -0.15) is 0 Å². The standard InChI is InChI=1S/C38H40ClNO/c1-27-19-24-33(38(2,3)30-15-9-5-10-16-30)35(25-27)41-36-26-34(28-20-22-31(39)23-21-28)40(32-17-11-6-12-18-32)37(36)29-13-7-4-8-14-29/h4-18,20-23,26-27,33-35,37H,19,24-25H2,1-3H3/t27-,33-,34-,35-,37+/m1/s1. The van der Waals surface area contributed by atoms with Crippen LogP contribution >= 0.6 is 11.6 Å². The van der Waals surface area contributed by atoms with Crippen molar-refractivity contribution in [3.8, 4) is 0 Å². The molecule has 4 aromatic carbocycles. The van der Waals surface area contributed by atoms with E-state index in [1.54, 1.807) is 0 Å². The molecule has 0 radical (unpaired) electrons. The van der Waals surface area contributed by atoms with Crippen molar-refractivity contribution in [1.82, 2.24) is 0 Å². The van der Waals surface area contributed by atoms with Gasteiger partial charge in [0.1, 0.15) is 17.9 Å².